The molecule has 23 heavy (non-hydrogen) atoms. The quantitative estimate of drug-likeness (QED) is 0.376. The number of rotatable bonds is 2. The zero-order valence-corrected chi connectivity index (χ0v) is 14.4. The first-order valence-corrected chi connectivity index (χ1v) is 7.72. The van der Waals surface area contributed by atoms with E-state index in [9.17, 15) is 4.79 Å². The highest BCUT2D eigenvalue weighted by molar-refractivity contribution is 6.02. The summed E-state index contributed by atoms with van der Waals surface area (Å²) < 4.78 is 0. The molecule has 2 rings (SSSR count). The van der Waals surface area contributed by atoms with Crippen LogP contribution in [-0.4, -0.2) is 18.0 Å². The molecule has 1 aromatic rings. The molecule has 1 atom stereocenters. The predicted molar refractivity (Wildman–Crippen MR) is 97.6 cm³/mol. The Morgan fingerprint density at radius 1 is 1.22 bits per heavy atom. The molecule has 0 fully saturated rings. The van der Waals surface area contributed by atoms with Gasteiger partial charge in [-0.2, -0.15) is 0 Å². The Balaban J connectivity index is 0.00000264. The first kappa shape index (κ1) is 19.0. The van der Waals surface area contributed by atoms with Gasteiger partial charge in [0.1, 0.15) is 0 Å². The minimum Gasteiger partial charge on any atom is -0.350 e. The van der Waals surface area contributed by atoms with Gasteiger partial charge in [0.15, 0.2) is 5.96 Å². The van der Waals surface area contributed by atoms with Crippen LogP contribution in [0.1, 0.15) is 36.8 Å². The van der Waals surface area contributed by atoms with Crippen molar-refractivity contribution in [2.24, 2.45) is 0 Å². The third-order valence-corrected chi connectivity index (χ3v) is 3.79. The van der Waals surface area contributed by atoms with E-state index in [1.165, 1.54) is 6.42 Å². The number of carbonyl (C=O) groups excluding carboxylic acids is 1. The Kier molecular flexibility index (Phi) is 7.62. The molecular weight excluding hydrogens is 312 g/mol. The number of benzene rings is 1. The van der Waals surface area contributed by atoms with Crippen LogP contribution in [0.2, 0.25) is 0 Å². The Hall–Kier alpha value is -2.01. The summed E-state index contributed by atoms with van der Waals surface area (Å²) >= 11 is 0. The van der Waals surface area contributed by atoms with E-state index in [4.69, 9.17) is 5.41 Å². The molecule has 1 aliphatic rings. The zero-order valence-electron chi connectivity index (χ0n) is 13.6. The largest absolute Gasteiger partial charge is 0.350 e. The molecule has 2 amide bonds. The summed E-state index contributed by atoms with van der Waals surface area (Å²) in [5.74, 6) is 0.0280. The van der Waals surface area contributed by atoms with E-state index < -0.39 is 6.03 Å². The van der Waals surface area contributed by atoms with Crippen molar-refractivity contribution in [2.75, 3.05) is 5.32 Å². The van der Waals surface area contributed by atoms with Gasteiger partial charge in [-0.25, -0.2) is 4.79 Å². The lowest BCUT2D eigenvalue weighted by Crippen LogP contribution is -2.46. The summed E-state index contributed by atoms with van der Waals surface area (Å²) in [5, 5.41) is 16.3. The van der Waals surface area contributed by atoms with Crippen molar-refractivity contribution in [1.82, 2.24) is 10.6 Å². The minimum atomic E-state index is -0.396. The summed E-state index contributed by atoms with van der Waals surface area (Å²) in [5.41, 5.74) is 2.80. The molecule has 0 aliphatic heterocycles. The topological polar surface area (TPSA) is 77.0 Å². The van der Waals surface area contributed by atoms with Gasteiger partial charge in [-0.3, -0.25) is 10.7 Å². The number of allylic oxidation sites excluding steroid dienone is 1. The van der Waals surface area contributed by atoms with Crippen LogP contribution in [0.15, 0.2) is 30.4 Å². The molecule has 1 aromatic carbocycles. The SMILES string of the molecule is Cc1cccc(C)c1NC(=O)NC(=N)NC1C=CCCCC1.Cl. The van der Waals surface area contributed by atoms with Gasteiger partial charge in [-0.15, -0.1) is 12.4 Å². The summed E-state index contributed by atoms with van der Waals surface area (Å²) in [6.07, 6.45) is 8.60. The molecule has 0 bridgehead atoms. The van der Waals surface area contributed by atoms with Crippen LogP contribution in [0.3, 0.4) is 0 Å². The monoisotopic (exact) mass is 336 g/mol. The Morgan fingerprint density at radius 2 is 1.91 bits per heavy atom. The number of nitrogens with one attached hydrogen (secondary N) is 4. The number of urea groups is 1. The van der Waals surface area contributed by atoms with E-state index in [1.54, 1.807) is 0 Å². The van der Waals surface area contributed by atoms with Gasteiger partial charge >= 0.3 is 6.03 Å². The third kappa shape index (κ3) is 5.94. The van der Waals surface area contributed by atoms with Crippen molar-refractivity contribution >= 4 is 30.1 Å². The lowest BCUT2D eigenvalue weighted by atomic mass is 10.1. The Bertz CT molecular complexity index is 566. The van der Waals surface area contributed by atoms with Gasteiger partial charge in [-0.1, -0.05) is 36.8 Å². The number of halogens is 1. The molecule has 0 heterocycles. The highest BCUT2D eigenvalue weighted by atomic mass is 35.5. The van der Waals surface area contributed by atoms with E-state index in [-0.39, 0.29) is 24.4 Å². The van der Waals surface area contributed by atoms with Crippen molar-refractivity contribution in [1.29, 1.82) is 5.41 Å². The number of carbonyl (C=O) groups is 1. The van der Waals surface area contributed by atoms with Crippen LogP contribution in [0.4, 0.5) is 10.5 Å². The first-order chi connectivity index (χ1) is 10.6. The van der Waals surface area contributed by atoms with E-state index >= 15 is 0 Å². The maximum Gasteiger partial charge on any atom is 0.326 e. The van der Waals surface area contributed by atoms with Gasteiger partial charge in [0.25, 0.3) is 0 Å². The second-order valence-electron chi connectivity index (χ2n) is 5.68. The van der Waals surface area contributed by atoms with Gasteiger partial charge in [-0.05, 0) is 44.2 Å². The number of anilines is 1. The number of hydrogen-bond donors (Lipinski definition) is 4. The number of guanidine groups is 1. The van der Waals surface area contributed by atoms with Gasteiger partial charge < -0.3 is 10.6 Å². The van der Waals surface area contributed by atoms with E-state index in [0.29, 0.717) is 0 Å². The molecule has 126 valence electrons. The van der Waals surface area contributed by atoms with Crippen molar-refractivity contribution < 1.29 is 4.79 Å². The van der Waals surface area contributed by atoms with Crippen LogP contribution in [-0.2, 0) is 0 Å². The van der Waals surface area contributed by atoms with Crippen molar-refractivity contribution in [3.8, 4) is 0 Å². The highest BCUT2D eigenvalue weighted by Gasteiger charge is 2.12. The average molecular weight is 337 g/mol. The van der Waals surface area contributed by atoms with Gasteiger partial charge in [0.2, 0.25) is 0 Å². The second-order valence-corrected chi connectivity index (χ2v) is 5.68. The Labute approximate surface area is 143 Å². The molecular formula is C17H25ClN4O. The molecule has 0 aromatic heterocycles. The highest BCUT2D eigenvalue weighted by Crippen LogP contribution is 2.19. The van der Waals surface area contributed by atoms with Gasteiger partial charge in [0, 0.05) is 11.7 Å². The van der Waals surface area contributed by atoms with Crippen LogP contribution < -0.4 is 16.0 Å². The maximum atomic E-state index is 12.0. The number of aryl methyl sites for hydroxylation is 2. The van der Waals surface area contributed by atoms with Crippen molar-refractivity contribution in [2.45, 2.75) is 45.6 Å². The van der Waals surface area contributed by atoms with Gasteiger partial charge in [0.05, 0.1) is 0 Å². The van der Waals surface area contributed by atoms with Crippen LogP contribution in [0, 0.1) is 19.3 Å². The third-order valence-electron chi connectivity index (χ3n) is 3.79. The fourth-order valence-corrected chi connectivity index (χ4v) is 2.59. The van der Waals surface area contributed by atoms with Crippen molar-refractivity contribution in [3.05, 3.63) is 41.5 Å². The van der Waals surface area contributed by atoms with Crippen LogP contribution in [0.25, 0.3) is 0 Å². The summed E-state index contributed by atoms with van der Waals surface area (Å²) in [7, 11) is 0. The maximum absolute atomic E-state index is 12.0. The molecule has 1 aliphatic carbocycles. The summed E-state index contributed by atoms with van der Waals surface area (Å²) in [4.78, 5) is 12.0. The summed E-state index contributed by atoms with van der Waals surface area (Å²) in [6.45, 7) is 3.89. The summed E-state index contributed by atoms with van der Waals surface area (Å²) in [6, 6.07) is 5.57. The fraction of sp³-hybridized carbons (Fsp3) is 0.412. The van der Waals surface area contributed by atoms with E-state index in [1.807, 2.05) is 32.0 Å². The second kappa shape index (κ2) is 9.20. The molecule has 0 saturated heterocycles. The lowest BCUT2D eigenvalue weighted by molar-refractivity contribution is 0.255. The molecule has 0 saturated carbocycles. The standard InChI is InChI=1S/C17H24N4O.ClH/c1-12-8-7-9-13(2)15(12)20-17(22)21-16(18)19-14-10-5-3-4-6-11-14;/h5,7-10,14H,3-4,6,11H2,1-2H3,(H4,18,19,20,21,22);1H. The molecule has 4 N–H and O–H groups in total. The van der Waals surface area contributed by atoms with Crippen LogP contribution in [0.5, 0.6) is 0 Å². The molecule has 5 nitrogen and oxygen atoms in total. The van der Waals surface area contributed by atoms with Crippen molar-refractivity contribution in [3.63, 3.8) is 0 Å². The van der Waals surface area contributed by atoms with Crippen LogP contribution >= 0.6 is 12.4 Å². The molecule has 6 heteroatoms. The number of amides is 2. The zero-order chi connectivity index (χ0) is 15.9. The van der Waals surface area contributed by atoms with E-state index in [0.717, 1.165) is 36.1 Å². The minimum absolute atomic E-state index is 0. The first-order valence-electron chi connectivity index (χ1n) is 7.72. The molecule has 1 unspecified atom stereocenters. The molecule has 0 radical (unpaired) electrons. The number of hydrogen-bond acceptors (Lipinski definition) is 2. The molecule has 0 spiro atoms. The lowest BCUT2D eigenvalue weighted by Gasteiger charge is -2.17. The average Bonchev–Trinajstić information content (AvgIpc) is 2.71. The van der Waals surface area contributed by atoms with E-state index in [2.05, 4.69) is 28.1 Å². The smallest absolute Gasteiger partial charge is 0.326 e. The Morgan fingerprint density at radius 3 is 2.61 bits per heavy atom. The fourth-order valence-electron chi connectivity index (χ4n) is 2.59. The normalized spacial score (nSPS) is 16.7. The predicted octanol–water partition coefficient (Wildman–Crippen LogP) is 3.87. The number of para-hydroxylation sites is 1.